The molecule has 2 aliphatic carbocycles. The number of urea groups is 1. The number of carbonyl (C=O) groups excluding carboxylic acids is 4. The van der Waals surface area contributed by atoms with Gasteiger partial charge in [0.2, 0.25) is 5.91 Å². The van der Waals surface area contributed by atoms with Crippen LogP contribution in [0.4, 0.5) is 9.59 Å². The van der Waals surface area contributed by atoms with E-state index >= 15 is 0 Å². The standard InChI is InChI=1S/C25H27N5O5/c1-27-23(33)28-20-9-8-19-18(22(20)32)10-11-25(19)16-30(24(34)35-25)15-21(31)29(13-5-12-26)14-17-6-3-2-4-7-17/h2-4,6-9,18H,5,10-11,13-16H2,1H3,(H2,27,28,33)/t18?,25-/m0/s1. The number of benzene rings is 1. The van der Waals surface area contributed by atoms with Crippen molar-refractivity contribution in [3.63, 3.8) is 0 Å². The highest BCUT2D eigenvalue weighted by molar-refractivity contribution is 6.03. The Morgan fingerprint density at radius 2 is 2.03 bits per heavy atom. The van der Waals surface area contributed by atoms with Gasteiger partial charge < -0.3 is 20.3 Å². The Morgan fingerprint density at radius 3 is 2.74 bits per heavy atom. The molecule has 3 aliphatic rings. The maximum Gasteiger partial charge on any atom is 0.411 e. The number of carbonyl (C=O) groups is 4. The van der Waals surface area contributed by atoms with E-state index in [1.807, 2.05) is 30.3 Å². The summed E-state index contributed by atoms with van der Waals surface area (Å²) in [6.07, 6.45) is 3.77. The molecule has 1 aromatic rings. The molecule has 1 unspecified atom stereocenters. The minimum Gasteiger partial charge on any atom is -0.436 e. The number of nitrogens with one attached hydrogen (secondary N) is 2. The van der Waals surface area contributed by atoms with Crippen molar-refractivity contribution in [2.24, 2.45) is 5.92 Å². The average molecular weight is 478 g/mol. The molecule has 4 amide bonds. The number of rotatable bonds is 7. The highest BCUT2D eigenvalue weighted by Crippen LogP contribution is 2.48. The van der Waals surface area contributed by atoms with Crippen molar-refractivity contribution in [1.29, 1.82) is 5.26 Å². The topological polar surface area (TPSA) is 132 Å². The number of hydrogen-bond donors (Lipinski definition) is 2. The van der Waals surface area contributed by atoms with Crippen molar-refractivity contribution in [1.82, 2.24) is 20.4 Å². The zero-order chi connectivity index (χ0) is 25.0. The summed E-state index contributed by atoms with van der Waals surface area (Å²) in [5, 5.41) is 13.9. The van der Waals surface area contributed by atoms with Crippen LogP contribution in [0.1, 0.15) is 24.8 Å². The zero-order valence-electron chi connectivity index (χ0n) is 19.5. The van der Waals surface area contributed by atoms with E-state index in [2.05, 4.69) is 16.7 Å². The Labute approximate surface area is 203 Å². The van der Waals surface area contributed by atoms with Crippen LogP contribution in [-0.2, 0) is 20.9 Å². The van der Waals surface area contributed by atoms with Crippen LogP contribution in [-0.4, -0.2) is 65.9 Å². The van der Waals surface area contributed by atoms with Crippen molar-refractivity contribution >= 4 is 23.8 Å². The lowest BCUT2D eigenvalue weighted by Crippen LogP contribution is -2.43. The Morgan fingerprint density at radius 1 is 1.26 bits per heavy atom. The van der Waals surface area contributed by atoms with E-state index in [0.29, 0.717) is 25.0 Å². The Bertz CT molecular complexity index is 1140. The van der Waals surface area contributed by atoms with Crippen LogP contribution in [0.3, 0.4) is 0 Å². The minimum atomic E-state index is -0.969. The third-order valence-electron chi connectivity index (χ3n) is 6.60. The molecule has 1 heterocycles. The Hall–Kier alpha value is -4.13. The molecule has 1 saturated heterocycles. The molecule has 10 nitrogen and oxygen atoms in total. The lowest BCUT2D eigenvalue weighted by molar-refractivity contribution is -0.132. The summed E-state index contributed by atoms with van der Waals surface area (Å²) in [5.41, 5.74) is 0.847. The van der Waals surface area contributed by atoms with Gasteiger partial charge in [-0.25, -0.2) is 9.59 Å². The van der Waals surface area contributed by atoms with E-state index < -0.39 is 23.6 Å². The molecule has 2 fully saturated rings. The fraction of sp³-hybridized carbons (Fsp3) is 0.400. The van der Waals surface area contributed by atoms with Gasteiger partial charge in [0.15, 0.2) is 11.4 Å². The van der Waals surface area contributed by atoms with Gasteiger partial charge in [-0.2, -0.15) is 5.26 Å². The third kappa shape index (κ3) is 4.89. The van der Waals surface area contributed by atoms with Crippen LogP contribution in [0, 0.1) is 17.2 Å². The minimum absolute atomic E-state index is 0.163. The molecule has 1 spiro atoms. The largest absolute Gasteiger partial charge is 0.436 e. The number of nitriles is 1. The van der Waals surface area contributed by atoms with Gasteiger partial charge in [0.1, 0.15) is 6.54 Å². The quantitative estimate of drug-likeness (QED) is 0.616. The molecule has 0 bridgehead atoms. The fourth-order valence-electron chi connectivity index (χ4n) is 4.85. The summed E-state index contributed by atoms with van der Waals surface area (Å²) in [6.45, 7) is 0.579. The second-order valence-electron chi connectivity index (χ2n) is 8.79. The van der Waals surface area contributed by atoms with E-state index in [0.717, 1.165) is 5.56 Å². The smallest absolute Gasteiger partial charge is 0.411 e. The highest BCUT2D eigenvalue weighted by Gasteiger charge is 2.56. The second kappa shape index (κ2) is 10.0. The number of Topliss-reactive ketones (excluding diaryl/α,β-unsaturated/α-hetero) is 1. The van der Waals surface area contributed by atoms with E-state index in [4.69, 9.17) is 10.00 Å². The van der Waals surface area contributed by atoms with E-state index in [9.17, 15) is 19.2 Å². The first-order valence-electron chi connectivity index (χ1n) is 11.5. The molecule has 1 aliphatic heterocycles. The maximum atomic E-state index is 13.1. The van der Waals surface area contributed by atoms with Crippen LogP contribution in [0.2, 0.25) is 0 Å². The molecule has 0 radical (unpaired) electrons. The van der Waals surface area contributed by atoms with Crippen LogP contribution < -0.4 is 10.6 Å². The maximum absolute atomic E-state index is 13.1. The van der Waals surface area contributed by atoms with Gasteiger partial charge in [0.25, 0.3) is 0 Å². The predicted octanol–water partition coefficient (Wildman–Crippen LogP) is 1.85. The first-order chi connectivity index (χ1) is 16.9. The first-order valence-corrected chi connectivity index (χ1v) is 11.5. The highest BCUT2D eigenvalue weighted by atomic mass is 16.6. The molecule has 1 saturated carbocycles. The molecule has 35 heavy (non-hydrogen) atoms. The van der Waals surface area contributed by atoms with E-state index in [1.54, 1.807) is 11.0 Å². The van der Waals surface area contributed by atoms with Crippen LogP contribution >= 0.6 is 0 Å². The summed E-state index contributed by atoms with van der Waals surface area (Å²) >= 11 is 0. The lowest BCUT2D eigenvalue weighted by atomic mass is 9.85. The summed E-state index contributed by atoms with van der Waals surface area (Å²) in [4.78, 5) is 53.3. The zero-order valence-corrected chi connectivity index (χ0v) is 19.5. The van der Waals surface area contributed by atoms with Gasteiger partial charge >= 0.3 is 12.1 Å². The fourth-order valence-corrected chi connectivity index (χ4v) is 4.85. The second-order valence-corrected chi connectivity index (χ2v) is 8.79. The first kappa shape index (κ1) is 24.0. The monoisotopic (exact) mass is 477 g/mol. The molecular weight excluding hydrogens is 450 g/mol. The number of ketones is 1. The molecule has 4 rings (SSSR count). The number of hydrogen-bond acceptors (Lipinski definition) is 6. The van der Waals surface area contributed by atoms with Crippen molar-refractivity contribution < 1.29 is 23.9 Å². The number of fused-ring (bicyclic) bond motifs is 2. The van der Waals surface area contributed by atoms with Gasteiger partial charge in [0, 0.05) is 26.1 Å². The normalized spacial score (nSPS) is 22.6. The molecule has 2 N–H and O–H groups in total. The van der Waals surface area contributed by atoms with Crippen molar-refractivity contribution in [3.05, 3.63) is 59.3 Å². The van der Waals surface area contributed by atoms with Crippen LogP contribution in [0.15, 0.2) is 53.8 Å². The summed E-state index contributed by atoms with van der Waals surface area (Å²) < 4.78 is 5.77. The number of allylic oxidation sites excluding steroid dienone is 3. The Balaban J connectivity index is 1.47. The van der Waals surface area contributed by atoms with Crippen molar-refractivity contribution in [2.45, 2.75) is 31.4 Å². The summed E-state index contributed by atoms with van der Waals surface area (Å²) in [6, 6.07) is 11.0. The third-order valence-corrected chi connectivity index (χ3v) is 6.60. The van der Waals surface area contributed by atoms with Crippen LogP contribution in [0.25, 0.3) is 0 Å². The molecule has 2 atom stereocenters. The molecule has 182 valence electrons. The number of nitrogens with zero attached hydrogens (tertiary/aromatic N) is 3. The van der Waals surface area contributed by atoms with Gasteiger partial charge in [-0.1, -0.05) is 36.4 Å². The number of amides is 4. The molecule has 10 heteroatoms. The van der Waals surface area contributed by atoms with Gasteiger partial charge in [-0.3, -0.25) is 14.5 Å². The van der Waals surface area contributed by atoms with Gasteiger partial charge in [-0.15, -0.1) is 0 Å². The predicted molar refractivity (Wildman–Crippen MR) is 124 cm³/mol. The molecular formula is C25H27N5O5. The summed E-state index contributed by atoms with van der Waals surface area (Å²) in [5.74, 6) is -0.988. The van der Waals surface area contributed by atoms with Crippen molar-refractivity contribution in [3.8, 4) is 6.07 Å². The SMILES string of the molecule is CNC(=O)NC1=CC=C2C(CC[C@]23CN(CC(=O)N(CCC#N)Cc2ccccc2)C(=O)O3)C1=O. The molecule has 0 aromatic heterocycles. The lowest BCUT2D eigenvalue weighted by Gasteiger charge is -2.27. The van der Waals surface area contributed by atoms with Crippen LogP contribution in [0.5, 0.6) is 0 Å². The van der Waals surface area contributed by atoms with Gasteiger partial charge in [0.05, 0.1) is 24.7 Å². The van der Waals surface area contributed by atoms with Gasteiger partial charge in [-0.05, 0) is 30.1 Å². The summed E-state index contributed by atoms with van der Waals surface area (Å²) in [7, 11) is 1.46. The van der Waals surface area contributed by atoms with E-state index in [-0.39, 0.29) is 43.4 Å². The van der Waals surface area contributed by atoms with E-state index in [1.165, 1.54) is 18.0 Å². The van der Waals surface area contributed by atoms with Crippen molar-refractivity contribution in [2.75, 3.05) is 26.7 Å². The molecule has 1 aromatic carbocycles. The number of ether oxygens (including phenoxy) is 1. The average Bonchev–Trinajstić information content (AvgIpc) is 3.37. The Kier molecular flexibility index (Phi) is 6.87.